The van der Waals surface area contributed by atoms with Gasteiger partial charge in [-0.25, -0.2) is 0 Å². The minimum atomic E-state index is -1.14. The maximum atomic E-state index is 11.9. The van der Waals surface area contributed by atoms with E-state index in [0.717, 1.165) is 19.3 Å². The molecule has 0 aromatic rings. The first-order valence-corrected chi connectivity index (χ1v) is 6.01. The first-order chi connectivity index (χ1) is 7.49. The number of carboxylic acids is 1. The van der Waals surface area contributed by atoms with Crippen LogP contribution < -0.4 is 5.32 Å². The molecule has 1 saturated carbocycles. The standard InChI is InChI=1S/C12H21NO3/c1-9(2)5-8-13-10(14)12(11(15)16)6-3-4-7-12/h9H,3-8H2,1-2H3,(H,13,14)(H,15,16). The monoisotopic (exact) mass is 227 g/mol. The summed E-state index contributed by atoms with van der Waals surface area (Å²) in [6, 6.07) is 0. The van der Waals surface area contributed by atoms with Gasteiger partial charge in [0, 0.05) is 6.54 Å². The predicted molar refractivity (Wildman–Crippen MR) is 61.0 cm³/mol. The molecule has 0 aromatic carbocycles. The van der Waals surface area contributed by atoms with E-state index >= 15 is 0 Å². The topological polar surface area (TPSA) is 66.4 Å². The lowest BCUT2D eigenvalue weighted by atomic mass is 9.85. The molecule has 0 radical (unpaired) electrons. The summed E-state index contributed by atoms with van der Waals surface area (Å²) in [5.74, 6) is -0.741. The lowest BCUT2D eigenvalue weighted by Crippen LogP contribution is -2.45. The second kappa shape index (κ2) is 5.32. The second-order valence-electron chi connectivity index (χ2n) is 5.03. The van der Waals surface area contributed by atoms with Crippen LogP contribution in [0.4, 0.5) is 0 Å². The van der Waals surface area contributed by atoms with Crippen LogP contribution in [-0.4, -0.2) is 23.5 Å². The molecular formula is C12H21NO3. The van der Waals surface area contributed by atoms with Crippen molar-refractivity contribution in [2.75, 3.05) is 6.54 Å². The Morgan fingerprint density at radius 3 is 2.31 bits per heavy atom. The van der Waals surface area contributed by atoms with Gasteiger partial charge in [-0.1, -0.05) is 26.7 Å². The van der Waals surface area contributed by atoms with Crippen LogP contribution in [-0.2, 0) is 9.59 Å². The Morgan fingerprint density at radius 2 is 1.88 bits per heavy atom. The molecule has 1 amide bonds. The maximum Gasteiger partial charge on any atom is 0.319 e. The van der Waals surface area contributed by atoms with Crippen molar-refractivity contribution in [2.24, 2.45) is 11.3 Å². The van der Waals surface area contributed by atoms with Gasteiger partial charge in [-0.15, -0.1) is 0 Å². The quantitative estimate of drug-likeness (QED) is 0.704. The number of amides is 1. The predicted octanol–water partition coefficient (Wildman–Crippen LogP) is 1.79. The summed E-state index contributed by atoms with van der Waals surface area (Å²) in [6.07, 6.45) is 3.53. The van der Waals surface area contributed by atoms with Gasteiger partial charge in [-0.3, -0.25) is 9.59 Å². The van der Waals surface area contributed by atoms with Gasteiger partial charge in [0.1, 0.15) is 5.41 Å². The highest BCUT2D eigenvalue weighted by atomic mass is 16.4. The molecule has 1 rings (SSSR count). The highest BCUT2D eigenvalue weighted by Crippen LogP contribution is 2.38. The molecule has 92 valence electrons. The molecule has 0 aliphatic heterocycles. The largest absolute Gasteiger partial charge is 0.480 e. The Balaban J connectivity index is 2.52. The summed E-state index contributed by atoms with van der Waals surface area (Å²) in [6.45, 7) is 4.73. The fourth-order valence-electron chi connectivity index (χ4n) is 2.16. The summed E-state index contributed by atoms with van der Waals surface area (Å²) in [5.41, 5.74) is -1.14. The molecule has 0 atom stereocenters. The van der Waals surface area contributed by atoms with Crippen LogP contribution in [0.5, 0.6) is 0 Å². The van der Waals surface area contributed by atoms with Crippen LogP contribution in [0.3, 0.4) is 0 Å². The normalized spacial score (nSPS) is 18.7. The molecule has 0 aromatic heterocycles. The van der Waals surface area contributed by atoms with Crippen molar-refractivity contribution in [3.63, 3.8) is 0 Å². The Morgan fingerprint density at radius 1 is 1.31 bits per heavy atom. The lowest BCUT2D eigenvalue weighted by Gasteiger charge is -2.22. The fraction of sp³-hybridized carbons (Fsp3) is 0.833. The third kappa shape index (κ3) is 2.74. The summed E-state index contributed by atoms with van der Waals surface area (Å²) in [5, 5.41) is 11.9. The third-order valence-electron chi connectivity index (χ3n) is 3.31. The highest BCUT2D eigenvalue weighted by molar-refractivity contribution is 6.02. The number of nitrogens with one attached hydrogen (secondary N) is 1. The SMILES string of the molecule is CC(C)CCNC(=O)C1(C(=O)O)CCCC1. The van der Waals surface area contributed by atoms with E-state index in [1.165, 1.54) is 0 Å². The number of aliphatic carboxylic acids is 1. The fourth-order valence-corrected chi connectivity index (χ4v) is 2.16. The van der Waals surface area contributed by atoms with E-state index in [-0.39, 0.29) is 5.91 Å². The molecule has 0 saturated heterocycles. The molecule has 0 bridgehead atoms. The molecule has 4 nitrogen and oxygen atoms in total. The smallest absolute Gasteiger partial charge is 0.319 e. The Bertz CT molecular complexity index is 267. The first-order valence-electron chi connectivity index (χ1n) is 6.01. The molecule has 4 heteroatoms. The van der Waals surface area contributed by atoms with Crippen LogP contribution in [0.15, 0.2) is 0 Å². The molecule has 0 unspecified atom stereocenters. The van der Waals surface area contributed by atoms with E-state index in [2.05, 4.69) is 19.2 Å². The Labute approximate surface area is 96.4 Å². The van der Waals surface area contributed by atoms with Gasteiger partial charge >= 0.3 is 5.97 Å². The van der Waals surface area contributed by atoms with Gasteiger partial charge in [0.15, 0.2) is 0 Å². The molecule has 1 fully saturated rings. The average Bonchev–Trinajstić information content (AvgIpc) is 2.66. The van der Waals surface area contributed by atoms with Crippen molar-refractivity contribution in [3.8, 4) is 0 Å². The molecule has 1 aliphatic rings. The summed E-state index contributed by atoms with van der Waals surface area (Å²) >= 11 is 0. The molecule has 2 N–H and O–H groups in total. The molecule has 16 heavy (non-hydrogen) atoms. The minimum absolute atomic E-state index is 0.293. The number of rotatable bonds is 5. The highest BCUT2D eigenvalue weighted by Gasteiger charge is 2.47. The van der Waals surface area contributed by atoms with Crippen molar-refractivity contribution in [3.05, 3.63) is 0 Å². The van der Waals surface area contributed by atoms with Crippen LogP contribution in [0, 0.1) is 11.3 Å². The van der Waals surface area contributed by atoms with Crippen molar-refractivity contribution in [2.45, 2.75) is 46.0 Å². The number of hydrogen-bond donors (Lipinski definition) is 2. The summed E-state index contributed by atoms with van der Waals surface area (Å²) < 4.78 is 0. The zero-order valence-corrected chi connectivity index (χ0v) is 10.1. The van der Waals surface area contributed by atoms with Gasteiger partial charge < -0.3 is 10.4 Å². The lowest BCUT2D eigenvalue weighted by molar-refractivity contribution is -0.155. The van der Waals surface area contributed by atoms with Crippen LogP contribution in [0.1, 0.15) is 46.0 Å². The van der Waals surface area contributed by atoms with Crippen molar-refractivity contribution < 1.29 is 14.7 Å². The van der Waals surface area contributed by atoms with Gasteiger partial charge in [-0.2, -0.15) is 0 Å². The number of hydrogen-bond acceptors (Lipinski definition) is 2. The van der Waals surface area contributed by atoms with Crippen molar-refractivity contribution in [1.29, 1.82) is 0 Å². The molecule has 0 spiro atoms. The summed E-state index contributed by atoms with van der Waals surface area (Å²) in [7, 11) is 0. The summed E-state index contributed by atoms with van der Waals surface area (Å²) in [4.78, 5) is 23.1. The average molecular weight is 227 g/mol. The van der Waals surface area contributed by atoms with Crippen molar-refractivity contribution >= 4 is 11.9 Å². The van der Waals surface area contributed by atoms with E-state index in [4.69, 9.17) is 0 Å². The molecule has 1 aliphatic carbocycles. The Hall–Kier alpha value is -1.06. The van der Waals surface area contributed by atoms with Gasteiger partial charge in [0.05, 0.1) is 0 Å². The molecular weight excluding hydrogens is 206 g/mol. The number of carbonyl (C=O) groups excluding carboxylic acids is 1. The van der Waals surface area contributed by atoms with E-state index in [9.17, 15) is 14.7 Å². The van der Waals surface area contributed by atoms with E-state index < -0.39 is 11.4 Å². The van der Waals surface area contributed by atoms with E-state index in [1.807, 2.05) is 0 Å². The number of carboxylic acid groups (broad SMARTS) is 1. The van der Waals surface area contributed by atoms with Crippen LogP contribution in [0.2, 0.25) is 0 Å². The second-order valence-corrected chi connectivity index (χ2v) is 5.03. The minimum Gasteiger partial charge on any atom is -0.480 e. The van der Waals surface area contributed by atoms with Crippen LogP contribution in [0.25, 0.3) is 0 Å². The van der Waals surface area contributed by atoms with E-state index in [1.54, 1.807) is 0 Å². The third-order valence-corrected chi connectivity index (χ3v) is 3.31. The zero-order valence-electron chi connectivity index (χ0n) is 10.1. The number of carbonyl (C=O) groups is 2. The molecule has 0 heterocycles. The van der Waals surface area contributed by atoms with Gasteiger partial charge in [0.25, 0.3) is 0 Å². The van der Waals surface area contributed by atoms with Gasteiger partial charge in [0.2, 0.25) is 5.91 Å². The Kier molecular flexibility index (Phi) is 4.33. The van der Waals surface area contributed by atoms with Crippen molar-refractivity contribution in [1.82, 2.24) is 5.32 Å². The maximum absolute atomic E-state index is 11.9. The zero-order chi connectivity index (χ0) is 12.2. The first kappa shape index (κ1) is 13.0. The van der Waals surface area contributed by atoms with Crippen LogP contribution >= 0.6 is 0 Å². The van der Waals surface area contributed by atoms with Gasteiger partial charge in [-0.05, 0) is 25.2 Å². The van der Waals surface area contributed by atoms with E-state index in [0.29, 0.717) is 25.3 Å².